The van der Waals surface area contributed by atoms with Crippen LogP contribution in [0, 0.1) is 18.2 Å². The van der Waals surface area contributed by atoms with Gasteiger partial charge in [0.1, 0.15) is 11.6 Å². The molecular weight excluding hydrogens is 487 g/mol. The largest absolute Gasteiger partial charge is 0.439 e. The van der Waals surface area contributed by atoms with Crippen molar-refractivity contribution in [2.75, 3.05) is 0 Å². The molecule has 2 heterocycles. The molecule has 0 amide bonds. The Morgan fingerprint density at radius 2 is 1.82 bits per heavy atom. The fourth-order valence-electron chi connectivity index (χ4n) is 4.28. The molecule has 9 heteroatoms. The first kappa shape index (κ1) is 26.9. The monoisotopic (exact) mass is 518 g/mol. The Balaban J connectivity index is 1.73. The van der Waals surface area contributed by atoms with Gasteiger partial charge in [0.2, 0.25) is 0 Å². The van der Waals surface area contributed by atoms with E-state index in [1.54, 1.807) is 43.3 Å². The smallest absolute Gasteiger partial charge is 0.297 e. The minimum Gasteiger partial charge on any atom is -0.297 e. The molecule has 2 aromatic carbocycles. The lowest BCUT2D eigenvalue weighted by atomic mass is 9.90. The molecule has 0 saturated heterocycles. The molecule has 0 unspecified atom stereocenters. The highest BCUT2D eigenvalue weighted by molar-refractivity contribution is 5.83. The predicted molar refractivity (Wildman–Crippen MR) is 142 cm³/mol. The Labute approximate surface area is 219 Å². The second-order valence-corrected chi connectivity index (χ2v) is 10.4. The van der Waals surface area contributed by atoms with Crippen molar-refractivity contribution in [3.05, 3.63) is 91.8 Å². The summed E-state index contributed by atoms with van der Waals surface area (Å²) in [6.45, 7) is 9.06. The van der Waals surface area contributed by atoms with Crippen LogP contribution in [-0.4, -0.2) is 25.5 Å². The molecule has 0 radical (unpaired) electrons. The van der Waals surface area contributed by atoms with E-state index in [0.717, 1.165) is 6.42 Å². The minimum absolute atomic E-state index is 0.0511. The van der Waals surface area contributed by atoms with Gasteiger partial charge in [0.05, 0.1) is 12.2 Å². The molecule has 0 aliphatic heterocycles. The fraction of sp³-hybridized carbons (Fsp3) is 0.345. The van der Waals surface area contributed by atoms with E-state index < -0.39 is 17.0 Å². The topological polar surface area (TPSA) is 111 Å². The van der Waals surface area contributed by atoms with Gasteiger partial charge in [0.25, 0.3) is 5.56 Å². The molecule has 0 saturated carbocycles. The van der Waals surface area contributed by atoms with Crippen molar-refractivity contribution in [2.45, 2.75) is 60.4 Å². The maximum Gasteiger partial charge on any atom is 0.439 e. The molecule has 4 rings (SSSR count). The SMILES string of the molecule is CCCc1nc(C)n(CC(=O)C(C)(C)C)c(=O)c1Cc1ccc(-c2ccccc2-c2noc(=O)[nH]2)cc1F. The zero-order chi connectivity index (χ0) is 27.6. The summed E-state index contributed by atoms with van der Waals surface area (Å²) in [7, 11) is 0. The number of rotatable bonds is 8. The number of hydrogen-bond acceptors (Lipinski definition) is 6. The molecule has 0 fully saturated rings. The third kappa shape index (κ3) is 5.56. The lowest BCUT2D eigenvalue weighted by Gasteiger charge is -2.20. The second kappa shape index (κ2) is 10.7. The Morgan fingerprint density at radius 1 is 1.11 bits per heavy atom. The second-order valence-electron chi connectivity index (χ2n) is 10.4. The molecule has 38 heavy (non-hydrogen) atoms. The lowest BCUT2D eigenvalue weighted by molar-refractivity contribution is -0.127. The normalized spacial score (nSPS) is 11.6. The van der Waals surface area contributed by atoms with E-state index in [9.17, 15) is 14.4 Å². The molecule has 1 N–H and O–H groups in total. The average molecular weight is 519 g/mol. The number of aryl methyl sites for hydroxylation is 2. The van der Waals surface area contributed by atoms with Gasteiger partial charge in [-0.05, 0) is 36.1 Å². The summed E-state index contributed by atoms with van der Waals surface area (Å²) >= 11 is 0. The number of H-pyrrole nitrogens is 1. The Morgan fingerprint density at radius 3 is 2.42 bits per heavy atom. The standard InChI is InChI=1S/C29H31FN4O4/c1-6-9-24-22(27(36)34(17(2)31-24)16-25(35)29(3,4)5)14-19-13-12-18(15-23(19)30)20-10-7-8-11-21(20)26-32-28(37)38-33-26/h7-8,10-13,15H,6,9,14,16H2,1-5H3,(H,32,33,37). The van der Waals surface area contributed by atoms with Crippen molar-refractivity contribution in [2.24, 2.45) is 5.41 Å². The van der Waals surface area contributed by atoms with Crippen LogP contribution in [0.5, 0.6) is 0 Å². The summed E-state index contributed by atoms with van der Waals surface area (Å²) in [5.41, 5.74) is 2.27. The highest BCUT2D eigenvalue weighted by atomic mass is 19.1. The highest BCUT2D eigenvalue weighted by Gasteiger charge is 2.24. The number of aromatic nitrogens is 4. The first-order valence-electron chi connectivity index (χ1n) is 12.6. The first-order chi connectivity index (χ1) is 18.0. The van der Waals surface area contributed by atoms with Crippen LogP contribution in [0.15, 0.2) is 56.6 Å². The number of nitrogens with one attached hydrogen (secondary N) is 1. The van der Waals surface area contributed by atoms with E-state index in [4.69, 9.17) is 0 Å². The van der Waals surface area contributed by atoms with Crippen LogP contribution in [0.25, 0.3) is 22.5 Å². The van der Waals surface area contributed by atoms with Crippen LogP contribution in [0.3, 0.4) is 0 Å². The van der Waals surface area contributed by atoms with Crippen LogP contribution < -0.4 is 11.3 Å². The number of benzene rings is 2. The Bertz CT molecular complexity index is 1610. The van der Waals surface area contributed by atoms with Gasteiger partial charge in [-0.1, -0.05) is 75.7 Å². The summed E-state index contributed by atoms with van der Waals surface area (Å²) < 4.78 is 21.5. The van der Waals surface area contributed by atoms with Gasteiger partial charge in [0.15, 0.2) is 11.6 Å². The molecule has 2 aromatic heterocycles. The molecule has 4 aromatic rings. The third-order valence-electron chi connectivity index (χ3n) is 6.52. The summed E-state index contributed by atoms with van der Waals surface area (Å²) in [6.07, 6.45) is 1.39. The quantitative estimate of drug-likeness (QED) is 0.357. The predicted octanol–water partition coefficient (Wildman–Crippen LogP) is 4.86. The molecule has 8 nitrogen and oxygen atoms in total. The molecule has 0 aliphatic carbocycles. The summed E-state index contributed by atoms with van der Waals surface area (Å²) in [5.74, 6) is -0.527. The first-order valence-corrected chi connectivity index (χ1v) is 12.6. The van der Waals surface area contributed by atoms with Gasteiger partial charge in [-0.3, -0.25) is 23.7 Å². The Hall–Kier alpha value is -4.14. The average Bonchev–Trinajstić information content (AvgIpc) is 3.30. The Kier molecular flexibility index (Phi) is 7.57. The molecular formula is C29H31FN4O4. The zero-order valence-corrected chi connectivity index (χ0v) is 22.2. The fourth-order valence-corrected chi connectivity index (χ4v) is 4.28. The lowest BCUT2D eigenvalue weighted by Crippen LogP contribution is -2.35. The number of hydrogen-bond donors (Lipinski definition) is 1. The number of carbonyl (C=O) groups excluding carboxylic acids is 1. The van der Waals surface area contributed by atoms with Crippen molar-refractivity contribution in [3.8, 4) is 22.5 Å². The van der Waals surface area contributed by atoms with Crippen LogP contribution in [-0.2, 0) is 24.2 Å². The number of ketones is 1. The van der Waals surface area contributed by atoms with Gasteiger partial charge in [0, 0.05) is 23.0 Å². The summed E-state index contributed by atoms with van der Waals surface area (Å²) in [6, 6.07) is 11.9. The summed E-state index contributed by atoms with van der Waals surface area (Å²) in [4.78, 5) is 44.9. The number of halogens is 1. The maximum absolute atomic E-state index is 15.5. The molecule has 0 spiro atoms. The molecule has 0 bridgehead atoms. The summed E-state index contributed by atoms with van der Waals surface area (Å²) in [5, 5.41) is 3.75. The van der Waals surface area contributed by atoms with E-state index in [1.807, 2.05) is 27.7 Å². The number of nitrogens with zero attached hydrogens (tertiary/aromatic N) is 3. The van der Waals surface area contributed by atoms with Crippen molar-refractivity contribution in [1.82, 2.24) is 19.7 Å². The van der Waals surface area contributed by atoms with Gasteiger partial charge >= 0.3 is 5.76 Å². The van der Waals surface area contributed by atoms with Crippen LogP contribution in [0.1, 0.15) is 56.8 Å². The van der Waals surface area contributed by atoms with Gasteiger partial charge in [-0.25, -0.2) is 14.2 Å². The zero-order valence-electron chi connectivity index (χ0n) is 22.2. The van der Waals surface area contributed by atoms with Crippen LogP contribution >= 0.6 is 0 Å². The molecule has 198 valence electrons. The van der Waals surface area contributed by atoms with E-state index in [2.05, 4.69) is 19.6 Å². The van der Waals surface area contributed by atoms with Crippen LogP contribution in [0.2, 0.25) is 0 Å². The molecule has 0 atom stereocenters. The minimum atomic E-state index is -0.680. The van der Waals surface area contributed by atoms with Crippen molar-refractivity contribution >= 4 is 5.78 Å². The van der Waals surface area contributed by atoms with Gasteiger partial charge in [-0.2, -0.15) is 0 Å². The van der Waals surface area contributed by atoms with Crippen LogP contribution in [0.4, 0.5) is 4.39 Å². The van der Waals surface area contributed by atoms with E-state index in [-0.39, 0.29) is 30.1 Å². The van der Waals surface area contributed by atoms with Crippen molar-refractivity contribution < 1.29 is 13.7 Å². The maximum atomic E-state index is 15.5. The highest BCUT2D eigenvalue weighted by Crippen LogP contribution is 2.31. The number of carbonyl (C=O) groups is 1. The van der Waals surface area contributed by atoms with Gasteiger partial charge in [-0.15, -0.1) is 0 Å². The third-order valence-corrected chi connectivity index (χ3v) is 6.52. The van der Waals surface area contributed by atoms with E-state index in [1.165, 1.54) is 10.6 Å². The van der Waals surface area contributed by atoms with E-state index >= 15 is 4.39 Å². The van der Waals surface area contributed by atoms with Gasteiger partial charge < -0.3 is 0 Å². The number of Topliss-reactive ketones (excluding diaryl/α,β-unsaturated/α-hetero) is 1. The van der Waals surface area contributed by atoms with E-state index in [0.29, 0.717) is 45.8 Å². The van der Waals surface area contributed by atoms with Crippen molar-refractivity contribution in [3.63, 3.8) is 0 Å². The number of aromatic amines is 1. The molecule has 0 aliphatic rings. The van der Waals surface area contributed by atoms with Crippen molar-refractivity contribution in [1.29, 1.82) is 0 Å².